The zero-order valence-electron chi connectivity index (χ0n) is 17.5. The van der Waals surface area contributed by atoms with E-state index in [1.165, 1.54) is 19.3 Å². The van der Waals surface area contributed by atoms with Gasteiger partial charge in [-0.05, 0) is 32.1 Å². The Morgan fingerprint density at radius 2 is 1.41 bits per heavy atom. The molecule has 0 heterocycles. The normalized spacial score (nSPS) is 14.7. The number of ether oxygens (including phenoxy) is 4. The number of hydrogen-bond acceptors (Lipinski definition) is 6. The Balaban J connectivity index is 1.81. The van der Waals surface area contributed by atoms with Crippen molar-refractivity contribution in [2.24, 2.45) is 0 Å². The van der Waals surface area contributed by atoms with E-state index >= 15 is 0 Å². The molecule has 8 nitrogen and oxygen atoms in total. The fourth-order valence-electron chi connectivity index (χ4n) is 2.84. The Morgan fingerprint density at radius 3 is 2.07 bits per heavy atom. The van der Waals surface area contributed by atoms with E-state index in [4.69, 9.17) is 24.1 Å². The third kappa shape index (κ3) is 16.0. The first-order chi connectivity index (χ1) is 14.2. The van der Waals surface area contributed by atoms with E-state index in [1.54, 1.807) is 0 Å². The highest BCUT2D eigenvalue weighted by Gasteiger charge is 2.10. The van der Waals surface area contributed by atoms with Gasteiger partial charge in [0.15, 0.2) is 0 Å². The molecule has 0 bridgehead atoms. The maximum atomic E-state index is 12.1. The molecule has 0 atom stereocenters. The first kappa shape index (κ1) is 25.6. The third-order valence-electron chi connectivity index (χ3n) is 4.41. The van der Waals surface area contributed by atoms with Crippen LogP contribution in [0.1, 0.15) is 51.4 Å². The molecule has 0 radical (unpaired) electrons. The number of allylic oxidation sites excluding steroid dienone is 1. The van der Waals surface area contributed by atoms with Crippen LogP contribution >= 0.6 is 0 Å². The van der Waals surface area contributed by atoms with Crippen molar-refractivity contribution in [2.45, 2.75) is 51.4 Å². The minimum absolute atomic E-state index is 0.0368. The van der Waals surface area contributed by atoms with E-state index in [0.29, 0.717) is 65.8 Å². The smallest absolute Gasteiger partial charge is 0.303 e. The van der Waals surface area contributed by atoms with Crippen LogP contribution in [0.2, 0.25) is 0 Å². The van der Waals surface area contributed by atoms with Crippen molar-refractivity contribution >= 4 is 11.9 Å². The van der Waals surface area contributed by atoms with E-state index < -0.39 is 5.97 Å². The van der Waals surface area contributed by atoms with Gasteiger partial charge in [0, 0.05) is 25.1 Å². The Morgan fingerprint density at radius 1 is 0.828 bits per heavy atom. The molecule has 0 aromatic carbocycles. The minimum Gasteiger partial charge on any atom is -0.481 e. The second kappa shape index (κ2) is 18.5. The highest BCUT2D eigenvalue weighted by Crippen LogP contribution is 2.16. The molecule has 29 heavy (non-hydrogen) atoms. The van der Waals surface area contributed by atoms with Gasteiger partial charge in [-0.2, -0.15) is 0 Å². The summed E-state index contributed by atoms with van der Waals surface area (Å²) in [5.74, 6) is -0.770. The summed E-state index contributed by atoms with van der Waals surface area (Å²) in [5.41, 5.74) is 0.915. The van der Waals surface area contributed by atoms with Crippen LogP contribution in [0, 0.1) is 0 Å². The average molecular weight is 416 g/mol. The van der Waals surface area contributed by atoms with Gasteiger partial charge in [0.25, 0.3) is 0 Å². The largest absolute Gasteiger partial charge is 0.481 e. The van der Waals surface area contributed by atoms with Gasteiger partial charge in [0.1, 0.15) is 0 Å². The fourth-order valence-corrected chi connectivity index (χ4v) is 2.84. The molecule has 0 aliphatic heterocycles. The Bertz CT molecular complexity index is 468. The van der Waals surface area contributed by atoms with Crippen molar-refractivity contribution in [3.8, 4) is 0 Å². The zero-order valence-corrected chi connectivity index (χ0v) is 17.5. The van der Waals surface area contributed by atoms with Gasteiger partial charge in [-0.1, -0.05) is 18.9 Å². The molecule has 1 aliphatic rings. The molecule has 0 spiro atoms. The van der Waals surface area contributed by atoms with E-state index in [9.17, 15) is 9.59 Å². The van der Waals surface area contributed by atoms with Crippen molar-refractivity contribution in [1.82, 2.24) is 5.32 Å². The number of carbonyl (C=O) groups excluding carboxylic acids is 1. The molecule has 0 unspecified atom stereocenters. The standard InChI is InChI=1S/C21H37NO7/c23-20(24)9-6-11-26-13-15-28-17-18-29-16-14-27-12-10-22-21(25)19-7-4-2-1-3-5-8-19/h7H,1-6,8-18H2,(H,22,25)(H,23,24). The van der Waals surface area contributed by atoms with Crippen LogP contribution < -0.4 is 5.32 Å². The number of nitrogens with one attached hydrogen (secondary N) is 1. The Hall–Kier alpha value is -1.48. The summed E-state index contributed by atoms with van der Waals surface area (Å²) >= 11 is 0. The van der Waals surface area contributed by atoms with Gasteiger partial charge < -0.3 is 29.4 Å². The number of carbonyl (C=O) groups is 2. The van der Waals surface area contributed by atoms with Crippen molar-refractivity contribution in [3.63, 3.8) is 0 Å². The van der Waals surface area contributed by atoms with Crippen LogP contribution in [0.3, 0.4) is 0 Å². The third-order valence-corrected chi connectivity index (χ3v) is 4.41. The number of amides is 1. The molecule has 2 N–H and O–H groups in total. The molecule has 0 aromatic rings. The lowest BCUT2D eigenvalue weighted by molar-refractivity contribution is -0.137. The maximum absolute atomic E-state index is 12.1. The van der Waals surface area contributed by atoms with E-state index in [2.05, 4.69) is 11.4 Å². The van der Waals surface area contributed by atoms with Crippen molar-refractivity contribution in [2.75, 3.05) is 59.4 Å². The van der Waals surface area contributed by atoms with Gasteiger partial charge in [0.2, 0.25) is 5.91 Å². The zero-order chi connectivity index (χ0) is 21.0. The van der Waals surface area contributed by atoms with Crippen LogP contribution in [0.15, 0.2) is 11.6 Å². The summed E-state index contributed by atoms with van der Waals surface area (Å²) in [6, 6.07) is 0. The van der Waals surface area contributed by atoms with Gasteiger partial charge in [-0.3, -0.25) is 9.59 Å². The SMILES string of the molecule is O=C(O)CCCOCCOCCOCCOCCNC(=O)C1=CCCCCCC1. The summed E-state index contributed by atoms with van der Waals surface area (Å²) < 4.78 is 21.5. The first-order valence-electron chi connectivity index (χ1n) is 10.7. The minimum atomic E-state index is -0.807. The van der Waals surface area contributed by atoms with Crippen LogP contribution in [0.25, 0.3) is 0 Å². The molecule has 0 aromatic heterocycles. The molecule has 1 rings (SSSR count). The molecule has 0 fully saturated rings. The summed E-state index contributed by atoms with van der Waals surface area (Å²) in [7, 11) is 0. The molecule has 1 aliphatic carbocycles. The van der Waals surface area contributed by atoms with Crippen LogP contribution in [-0.4, -0.2) is 76.4 Å². The highest BCUT2D eigenvalue weighted by atomic mass is 16.6. The molecule has 168 valence electrons. The summed E-state index contributed by atoms with van der Waals surface area (Å²) in [6.07, 6.45) is 9.33. The highest BCUT2D eigenvalue weighted by molar-refractivity contribution is 5.93. The molecule has 0 saturated carbocycles. The van der Waals surface area contributed by atoms with Crippen LogP contribution in [0.4, 0.5) is 0 Å². The summed E-state index contributed by atoms with van der Waals surface area (Å²) in [4.78, 5) is 22.4. The number of aliphatic carboxylic acids is 1. The first-order valence-corrected chi connectivity index (χ1v) is 10.7. The van der Waals surface area contributed by atoms with Crippen LogP contribution in [0.5, 0.6) is 0 Å². The van der Waals surface area contributed by atoms with Gasteiger partial charge in [-0.25, -0.2) is 0 Å². The predicted molar refractivity (Wildman–Crippen MR) is 109 cm³/mol. The quantitative estimate of drug-likeness (QED) is 0.351. The van der Waals surface area contributed by atoms with E-state index in [1.807, 2.05) is 0 Å². The molecule has 8 heteroatoms. The number of rotatable bonds is 17. The molecule has 0 saturated heterocycles. The van der Waals surface area contributed by atoms with Crippen molar-refractivity contribution < 1.29 is 33.6 Å². The Kier molecular flexibility index (Phi) is 16.3. The van der Waals surface area contributed by atoms with E-state index in [-0.39, 0.29) is 12.3 Å². The second-order valence-corrected chi connectivity index (χ2v) is 6.88. The lowest BCUT2D eigenvalue weighted by atomic mass is 9.99. The topological polar surface area (TPSA) is 103 Å². The van der Waals surface area contributed by atoms with Gasteiger partial charge in [-0.15, -0.1) is 0 Å². The number of hydrogen-bond donors (Lipinski definition) is 2. The average Bonchev–Trinajstić information content (AvgIpc) is 2.67. The van der Waals surface area contributed by atoms with E-state index in [0.717, 1.165) is 24.8 Å². The Labute approximate surface area is 173 Å². The molecule has 1 amide bonds. The number of carboxylic acids is 1. The lowest BCUT2D eigenvalue weighted by Gasteiger charge is -2.12. The maximum Gasteiger partial charge on any atom is 0.303 e. The molecular formula is C21H37NO7. The number of carboxylic acid groups (broad SMARTS) is 1. The molecular weight excluding hydrogens is 378 g/mol. The predicted octanol–water partition coefficient (Wildman–Crippen LogP) is 2.31. The van der Waals surface area contributed by atoms with Gasteiger partial charge >= 0.3 is 5.97 Å². The monoisotopic (exact) mass is 415 g/mol. The van der Waals surface area contributed by atoms with Crippen LogP contribution in [-0.2, 0) is 28.5 Å². The second-order valence-electron chi connectivity index (χ2n) is 6.88. The summed E-state index contributed by atoms with van der Waals surface area (Å²) in [6.45, 7) is 4.23. The summed E-state index contributed by atoms with van der Waals surface area (Å²) in [5, 5.41) is 11.4. The van der Waals surface area contributed by atoms with Crippen molar-refractivity contribution in [1.29, 1.82) is 0 Å². The lowest BCUT2D eigenvalue weighted by Crippen LogP contribution is -2.29. The fraction of sp³-hybridized carbons (Fsp3) is 0.810. The van der Waals surface area contributed by atoms with Gasteiger partial charge in [0.05, 0.1) is 46.2 Å². The van der Waals surface area contributed by atoms with Crippen molar-refractivity contribution in [3.05, 3.63) is 11.6 Å².